The fourth-order valence-corrected chi connectivity index (χ4v) is 3.30. The van der Waals surface area contributed by atoms with Crippen LogP contribution in [0.25, 0.3) is 0 Å². The minimum atomic E-state index is -0.118. The molecule has 0 atom stereocenters. The number of piperazine rings is 1. The Kier molecular flexibility index (Phi) is 6.29. The average Bonchev–Trinajstić information content (AvgIpc) is 2.68. The highest BCUT2D eigenvalue weighted by Crippen LogP contribution is 2.16. The topological polar surface area (TPSA) is 65.5 Å². The molecule has 3 rings (SSSR count). The van der Waals surface area contributed by atoms with E-state index in [-0.39, 0.29) is 11.8 Å². The molecule has 0 saturated carbocycles. The van der Waals surface area contributed by atoms with Crippen LogP contribution in [0.2, 0.25) is 5.02 Å². The van der Waals surface area contributed by atoms with Crippen molar-refractivity contribution in [2.24, 2.45) is 0 Å². The molecule has 1 N–H and O–H groups in total. The van der Waals surface area contributed by atoms with Gasteiger partial charge in [0.2, 0.25) is 5.91 Å². The van der Waals surface area contributed by atoms with Crippen molar-refractivity contribution in [2.45, 2.75) is 13.3 Å². The third-order valence-electron chi connectivity index (χ3n) is 4.55. The molecule has 27 heavy (non-hydrogen) atoms. The quantitative estimate of drug-likeness (QED) is 0.856. The van der Waals surface area contributed by atoms with E-state index in [4.69, 9.17) is 11.6 Å². The van der Waals surface area contributed by atoms with Gasteiger partial charge < -0.3 is 15.1 Å². The Hall–Kier alpha value is -2.60. The molecule has 1 aliphatic rings. The Labute approximate surface area is 164 Å². The molecular formula is C20H23ClN4O2. The lowest BCUT2D eigenvalue weighted by Crippen LogP contribution is -2.49. The van der Waals surface area contributed by atoms with Gasteiger partial charge in [-0.3, -0.25) is 9.59 Å². The van der Waals surface area contributed by atoms with Crippen LogP contribution in [-0.2, 0) is 11.2 Å². The molecular weight excluding hydrogens is 364 g/mol. The smallest absolute Gasteiger partial charge is 0.252 e. The van der Waals surface area contributed by atoms with E-state index in [1.807, 2.05) is 36.1 Å². The molecule has 6 nitrogen and oxygen atoms in total. The van der Waals surface area contributed by atoms with E-state index in [2.05, 4.69) is 15.2 Å². The minimum absolute atomic E-state index is 0.108. The van der Waals surface area contributed by atoms with Crippen LogP contribution in [-0.4, -0.2) is 54.4 Å². The molecule has 0 radical (unpaired) electrons. The van der Waals surface area contributed by atoms with Crippen LogP contribution < -0.4 is 10.2 Å². The Balaban J connectivity index is 1.54. The number of halogens is 1. The van der Waals surface area contributed by atoms with Crippen LogP contribution in [0.5, 0.6) is 0 Å². The summed E-state index contributed by atoms with van der Waals surface area (Å²) in [5.74, 6) is 0.814. The first-order valence-corrected chi connectivity index (χ1v) is 9.46. The number of rotatable bonds is 5. The summed E-state index contributed by atoms with van der Waals surface area (Å²) in [6.07, 6.45) is 1.96. The zero-order valence-corrected chi connectivity index (χ0v) is 16.1. The van der Waals surface area contributed by atoms with Crippen molar-refractivity contribution in [1.29, 1.82) is 0 Å². The monoisotopic (exact) mass is 386 g/mol. The van der Waals surface area contributed by atoms with E-state index in [1.165, 1.54) is 0 Å². The standard InChI is InChI=1S/C20H23ClN4O2/c1-2-22-20(27)16-6-7-18(23-14-16)24-8-10-25(11-9-24)19(26)13-15-4-3-5-17(21)12-15/h3-7,12,14H,2,8-11,13H2,1H3,(H,22,27). The Bertz CT molecular complexity index is 802. The molecule has 0 unspecified atom stereocenters. The van der Waals surface area contributed by atoms with Crippen molar-refractivity contribution >= 4 is 29.2 Å². The normalized spacial score (nSPS) is 14.1. The Morgan fingerprint density at radius 2 is 1.93 bits per heavy atom. The van der Waals surface area contributed by atoms with Gasteiger partial charge in [0.1, 0.15) is 5.82 Å². The summed E-state index contributed by atoms with van der Waals surface area (Å²) in [4.78, 5) is 32.7. The number of pyridine rings is 1. The van der Waals surface area contributed by atoms with Crippen LogP contribution in [0.15, 0.2) is 42.6 Å². The van der Waals surface area contributed by atoms with E-state index < -0.39 is 0 Å². The first-order chi connectivity index (χ1) is 13.1. The Morgan fingerprint density at radius 3 is 2.56 bits per heavy atom. The van der Waals surface area contributed by atoms with E-state index in [9.17, 15) is 9.59 Å². The molecule has 1 saturated heterocycles. The molecule has 2 heterocycles. The predicted molar refractivity (Wildman–Crippen MR) is 106 cm³/mol. The predicted octanol–water partition coefficient (Wildman–Crippen LogP) is 2.38. The van der Waals surface area contributed by atoms with E-state index in [1.54, 1.807) is 18.3 Å². The second kappa shape index (κ2) is 8.86. The number of aromatic nitrogens is 1. The highest BCUT2D eigenvalue weighted by molar-refractivity contribution is 6.30. The number of nitrogens with one attached hydrogen (secondary N) is 1. The third kappa shape index (κ3) is 4.98. The SMILES string of the molecule is CCNC(=O)c1ccc(N2CCN(C(=O)Cc3cccc(Cl)c3)CC2)nc1. The van der Waals surface area contributed by atoms with E-state index in [0.717, 1.165) is 24.5 Å². The molecule has 0 spiro atoms. The lowest BCUT2D eigenvalue weighted by Gasteiger charge is -2.35. The second-order valence-electron chi connectivity index (χ2n) is 6.44. The van der Waals surface area contributed by atoms with Crippen molar-refractivity contribution in [3.63, 3.8) is 0 Å². The number of carbonyl (C=O) groups is 2. The summed E-state index contributed by atoms with van der Waals surface area (Å²) in [7, 11) is 0. The highest BCUT2D eigenvalue weighted by Gasteiger charge is 2.22. The molecule has 1 aromatic carbocycles. The maximum atomic E-state index is 12.5. The molecule has 1 aliphatic heterocycles. The number of benzene rings is 1. The van der Waals surface area contributed by atoms with Gasteiger partial charge in [-0.05, 0) is 36.8 Å². The van der Waals surface area contributed by atoms with Gasteiger partial charge in [-0.25, -0.2) is 4.98 Å². The van der Waals surface area contributed by atoms with Gasteiger partial charge in [-0.15, -0.1) is 0 Å². The number of amides is 2. The summed E-state index contributed by atoms with van der Waals surface area (Å²) < 4.78 is 0. The lowest BCUT2D eigenvalue weighted by molar-refractivity contribution is -0.130. The number of hydrogen-bond donors (Lipinski definition) is 1. The molecule has 142 valence electrons. The maximum Gasteiger partial charge on any atom is 0.252 e. The van der Waals surface area contributed by atoms with Crippen LogP contribution in [0, 0.1) is 0 Å². The van der Waals surface area contributed by atoms with Gasteiger partial charge in [0.15, 0.2) is 0 Å². The Morgan fingerprint density at radius 1 is 1.15 bits per heavy atom. The molecule has 1 aromatic heterocycles. The molecule has 0 aliphatic carbocycles. The van der Waals surface area contributed by atoms with Crippen molar-refractivity contribution in [1.82, 2.24) is 15.2 Å². The van der Waals surface area contributed by atoms with Crippen molar-refractivity contribution in [2.75, 3.05) is 37.6 Å². The van der Waals surface area contributed by atoms with Crippen LogP contribution in [0.3, 0.4) is 0 Å². The molecule has 2 aromatic rings. The first-order valence-electron chi connectivity index (χ1n) is 9.08. The largest absolute Gasteiger partial charge is 0.353 e. The fraction of sp³-hybridized carbons (Fsp3) is 0.350. The van der Waals surface area contributed by atoms with Gasteiger partial charge in [-0.2, -0.15) is 0 Å². The van der Waals surface area contributed by atoms with E-state index in [0.29, 0.717) is 36.6 Å². The fourth-order valence-electron chi connectivity index (χ4n) is 3.09. The van der Waals surface area contributed by atoms with Crippen LogP contribution in [0.4, 0.5) is 5.82 Å². The molecule has 1 fully saturated rings. The summed E-state index contributed by atoms with van der Waals surface area (Å²) in [5.41, 5.74) is 1.48. The molecule has 2 amide bonds. The average molecular weight is 387 g/mol. The van der Waals surface area contributed by atoms with Gasteiger partial charge in [-0.1, -0.05) is 23.7 Å². The minimum Gasteiger partial charge on any atom is -0.353 e. The number of anilines is 1. The second-order valence-corrected chi connectivity index (χ2v) is 6.88. The summed E-state index contributed by atoms with van der Waals surface area (Å²) in [5, 5.41) is 3.40. The van der Waals surface area contributed by atoms with Crippen LogP contribution >= 0.6 is 11.6 Å². The van der Waals surface area contributed by atoms with Gasteiger partial charge >= 0.3 is 0 Å². The summed E-state index contributed by atoms with van der Waals surface area (Å²) in [6, 6.07) is 11.0. The lowest BCUT2D eigenvalue weighted by atomic mass is 10.1. The zero-order valence-electron chi connectivity index (χ0n) is 15.3. The van der Waals surface area contributed by atoms with Crippen LogP contribution in [0.1, 0.15) is 22.8 Å². The number of nitrogens with zero attached hydrogens (tertiary/aromatic N) is 3. The third-order valence-corrected chi connectivity index (χ3v) is 4.78. The number of hydrogen-bond acceptors (Lipinski definition) is 4. The van der Waals surface area contributed by atoms with E-state index >= 15 is 0 Å². The molecule has 0 bridgehead atoms. The summed E-state index contributed by atoms with van der Waals surface area (Å²) in [6.45, 7) is 5.21. The highest BCUT2D eigenvalue weighted by atomic mass is 35.5. The maximum absolute atomic E-state index is 12.5. The van der Waals surface area contributed by atoms with Gasteiger partial charge in [0.25, 0.3) is 5.91 Å². The zero-order chi connectivity index (χ0) is 19.2. The van der Waals surface area contributed by atoms with Gasteiger partial charge in [0.05, 0.1) is 12.0 Å². The molecule has 7 heteroatoms. The van der Waals surface area contributed by atoms with Crippen molar-refractivity contribution in [3.8, 4) is 0 Å². The van der Waals surface area contributed by atoms with Gasteiger partial charge in [0, 0.05) is 43.9 Å². The number of carbonyl (C=O) groups excluding carboxylic acids is 2. The first kappa shape index (κ1) is 19.2. The van der Waals surface area contributed by atoms with Crippen molar-refractivity contribution < 1.29 is 9.59 Å². The van der Waals surface area contributed by atoms with Crippen molar-refractivity contribution in [3.05, 3.63) is 58.7 Å². The summed E-state index contributed by atoms with van der Waals surface area (Å²) >= 11 is 5.99.